The number of benzene rings is 3. The summed E-state index contributed by atoms with van der Waals surface area (Å²) in [5.74, 6) is -11.1. The maximum absolute atomic E-state index is 14.7. The van der Waals surface area contributed by atoms with Gasteiger partial charge in [0.15, 0.2) is 11.5 Å². The van der Waals surface area contributed by atoms with Crippen molar-refractivity contribution in [3.05, 3.63) is 84.1 Å². The van der Waals surface area contributed by atoms with Crippen LogP contribution >= 0.6 is 23.7 Å². The molecule has 32 nitrogen and oxygen atoms in total. The number of phenols is 1. The first kappa shape index (κ1) is 74.1. The smallest absolute Gasteiger partial charge is 0.691 e. The Kier molecular flexibility index (Phi) is 25.3. The molecule has 1 aliphatic carbocycles. The number of amides is 8. The molecule has 5 fully saturated rings. The Hall–Kier alpha value is -7.13. The summed E-state index contributed by atoms with van der Waals surface area (Å²) in [7, 11) is 0. The van der Waals surface area contributed by atoms with Gasteiger partial charge in [0.1, 0.15) is 41.3 Å². The summed E-state index contributed by atoms with van der Waals surface area (Å²) in [6.45, 7) is 4.92. The molecule has 10 rings (SSSR count). The number of aromatic hydroxyl groups is 1. The minimum atomic E-state index is -2.22. The maximum atomic E-state index is 14.7. The molecule has 4 saturated heterocycles. The van der Waals surface area contributed by atoms with E-state index >= 15 is 0 Å². The van der Waals surface area contributed by atoms with Crippen LogP contribution in [0, 0.1) is 5.92 Å². The van der Waals surface area contributed by atoms with Gasteiger partial charge in [0, 0.05) is 99.4 Å². The Morgan fingerprint density at radius 1 is 0.794 bits per heavy atom. The Balaban J connectivity index is 0.0000110. The van der Waals surface area contributed by atoms with E-state index in [0.717, 1.165) is 71.3 Å². The van der Waals surface area contributed by atoms with Crippen LogP contribution in [0.2, 0.25) is 0 Å². The molecule has 2 aromatic heterocycles. The molecule has 8 amide bonds. The van der Waals surface area contributed by atoms with Crippen LogP contribution in [0.15, 0.2) is 72.9 Å². The molecule has 12 unspecified atom stereocenters. The molecule has 14 N–H and O–H groups in total. The van der Waals surface area contributed by atoms with E-state index in [-0.39, 0.29) is 58.8 Å². The summed E-state index contributed by atoms with van der Waals surface area (Å²) >= 11 is 1.40. The number of anilines is 1. The molecule has 5 aliphatic rings. The predicted octanol–water partition coefficient (Wildman–Crippen LogP) is -5.72. The van der Waals surface area contributed by atoms with E-state index in [9.17, 15) is 79.4 Å². The number of phenolic OH excluding ortho intramolecular Hbond substituents is 1. The number of aromatic nitrogens is 3. The molecule has 0 spiro atoms. The molecule has 35 heteroatoms. The molecule has 3 aromatic carbocycles. The molecular formula is C62H78N13NaO19S2. The third-order valence-electron chi connectivity index (χ3n) is 18.2. The van der Waals surface area contributed by atoms with Gasteiger partial charge in [0.25, 0.3) is 18.2 Å². The number of piperazine rings is 1. The number of hydrogen-bond donors (Lipinski definition) is 13. The summed E-state index contributed by atoms with van der Waals surface area (Å²) in [5.41, 5.74) is 8.74. The third-order valence-corrected chi connectivity index (χ3v) is 19.5. The van der Waals surface area contributed by atoms with Gasteiger partial charge < -0.3 is 92.2 Å². The van der Waals surface area contributed by atoms with Crippen LogP contribution in [0.3, 0.4) is 0 Å². The summed E-state index contributed by atoms with van der Waals surface area (Å²) in [5, 5.41) is 110. The van der Waals surface area contributed by atoms with Gasteiger partial charge in [0.2, 0.25) is 46.3 Å². The third kappa shape index (κ3) is 17.8. The van der Waals surface area contributed by atoms with Gasteiger partial charge in [-0.25, -0.2) is 9.50 Å². The van der Waals surface area contributed by atoms with E-state index in [1.807, 2.05) is 0 Å². The minimum Gasteiger partial charge on any atom is -0.691 e. The molecule has 1 saturated carbocycles. The van der Waals surface area contributed by atoms with E-state index in [4.69, 9.17) is 20.0 Å². The number of nitrogens with zero attached hydrogens (tertiary/aromatic N) is 7. The Morgan fingerprint density at radius 3 is 2.13 bits per heavy atom. The van der Waals surface area contributed by atoms with E-state index < -0.39 is 177 Å². The zero-order valence-electron chi connectivity index (χ0n) is 53.4. The van der Waals surface area contributed by atoms with Crippen LogP contribution in [0.25, 0.3) is 26.8 Å². The largest absolute Gasteiger partial charge is 1.00 e. The zero-order valence-corrected chi connectivity index (χ0v) is 57.0. The van der Waals surface area contributed by atoms with E-state index in [0.29, 0.717) is 22.3 Å². The number of fused-ring (bicyclic) bond motifs is 3. The second-order valence-corrected chi connectivity index (χ2v) is 26.4. The average molecular weight is 1400 g/mol. The number of hydrogen-bond acceptors (Lipinski definition) is 25. The van der Waals surface area contributed by atoms with Crippen LogP contribution in [0.4, 0.5) is 5.69 Å². The van der Waals surface area contributed by atoms with E-state index in [2.05, 4.69) is 70.0 Å². The van der Waals surface area contributed by atoms with Gasteiger partial charge in [-0.15, -0.1) is 4.33 Å². The van der Waals surface area contributed by atoms with Crippen molar-refractivity contribution in [2.75, 3.05) is 50.7 Å². The van der Waals surface area contributed by atoms with Crippen molar-refractivity contribution in [2.45, 2.75) is 151 Å². The predicted molar refractivity (Wildman–Crippen MR) is 340 cm³/mol. The second-order valence-electron chi connectivity index (χ2n) is 25.0. The number of aliphatic hydroxyl groups excluding tert-OH is 6. The topological polar surface area (TPSA) is 458 Å². The van der Waals surface area contributed by atoms with Crippen molar-refractivity contribution in [1.82, 2.24) is 55.9 Å². The molecule has 0 bridgehead atoms. The summed E-state index contributed by atoms with van der Waals surface area (Å²) in [6, 6.07) is 6.98. The Labute approximate surface area is 586 Å². The average Bonchev–Trinajstić information content (AvgIpc) is 1.67. The molecule has 4 aliphatic heterocycles. The fourth-order valence-corrected chi connectivity index (χ4v) is 14.2. The van der Waals surface area contributed by atoms with Crippen LogP contribution in [0.5, 0.6) is 11.5 Å². The second kappa shape index (κ2) is 33.2. The Morgan fingerprint density at radius 2 is 1.46 bits per heavy atom. The number of rotatable bonds is 17. The quantitative estimate of drug-likeness (QED) is 0.0136. The number of carbonyl (C=O) groups is 8. The first-order valence-corrected chi connectivity index (χ1v) is 33.1. The summed E-state index contributed by atoms with van der Waals surface area (Å²) in [4.78, 5) is 126. The number of imidazole rings is 1. The Bertz CT molecular complexity index is 3580. The first-order valence-electron chi connectivity index (χ1n) is 31.6. The summed E-state index contributed by atoms with van der Waals surface area (Å²) in [6.07, 6.45) is -5.37. The standard InChI is InChI=1S/C62H79N13O19S2.Na/c1-31-28-74-52(53(31)83)58(88)64-27-39(77)24-41(65-54(84)35-11-9-34(10-12-35)42-30-75-62(66-42)95-59(70-75)36-13-15-38(16-14-36)72-20-18-71(19-21-72)37-6-4-3-5-7-37)55(85)67-49(32(2)76)60(89)73-29-40(78)25-43(73)56(86)68-50(57(87)69-51(61(74)90)46(81)26-48(63)82)45(80)22-33-8-17-44(79)47(23-33)92-96-94-93-91;/h8-17,23,30-32,37,39-41,43,45-46,49-53,76-81,83,91H,3-7,18-22,24-29H2,1-2H3,(H2,63,82)(H,64,88)(H,65,84)(H,67,85)(H,68,86)(H,69,87);/q;+1/p-1/t31?,32?,39?,40?,41-,43?,45?,46?,49?,50?,51?,52?,53?;/m0./s1. The maximum Gasteiger partial charge on any atom is 1.00 e. The number of nitrogens with two attached hydrogens (primary N) is 1. The summed E-state index contributed by atoms with van der Waals surface area (Å²) < 4.78 is 10.8. The van der Waals surface area contributed by atoms with Crippen LogP contribution in [-0.4, -0.2) is 237 Å². The molecule has 5 aromatic rings. The normalized spacial score (nSPS) is 26.3. The van der Waals surface area contributed by atoms with Crippen LogP contribution < -0.4 is 76.2 Å². The minimum absolute atomic E-state index is 0. The fraction of sp³-hybridized carbons (Fsp3) is 0.516. The zero-order chi connectivity index (χ0) is 68.6. The number of aliphatic hydroxyl groups is 6. The van der Waals surface area contributed by atoms with E-state index in [1.165, 1.54) is 68.6 Å². The van der Waals surface area contributed by atoms with Gasteiger partial charge in [-0.2, -0.15) is 5.10 Å². The fourth-order valence-electron chi connectivity index (χ4n) is 13.0. The van der Waals surface area contributed by atoms with Gasteiger partial charge in [-0.1, -0.05) is 55.7 Å². The molecule has 0 radical (unpaired) electrons. The molecular weight excluding hydrogens is 1320 g/mol. The van der Waals surface area contributed by atoms with Crippen molar-refractivity contribution in [2.24, 2.45) is 11.7 Å². The monoisotopic (exact) mass is 1400 g/mol. The van der Waals surface area contributed by atoms with E-state index in [1.54, 1.807) is 22.8 Å². The molecule has 6 heterocycles. The molecule has 97 heavy (non-hydrogen) atoms. The first-order chi connectivity index (χ1) is 45.9. The van der Waals surface area contributed by atoms with Crippen LogP contribution in [-0.2, 0) is 49.4 Å². The number of primary amides is 1. The van der Waals surface area contributed by atoms with Crippen LogP contribution in [0.1, 0.15) is 81.1 Å². The van der Waals surface area contributed by atoms with Gasteiger partial charge in [-0.3, -0.25) is 48.3 Å². The molecule has 13 atom stereocenters. The van der Waals surface area contributed by atoms with Crippen molar-refractivity contribution in [1.29, 1.82) is 0 Å². The number of β-amino-alcohol motifs (C(OH)–C–C–N with tert-alkyl or cyclic N) is 1. The van der Waals surface area contributed by atoms with Crippen molar-refractivity contribution < 1.29 is 122 Å². The van der Waals surface area contributed by atoms with Crippen molar-refractivity contribution in [3.8, 4) is 33.3 Å². The number of nitrogens with one attached hydrogen (secondary N) is 5. The SMILES string of the molecule is CC(O)C1NC(=O)[C@@H](NC(=O)c2ccc(-c3cn4nc(-c5ccc(N6CCN(C7CCCCC7)CC6)cc5)sc4n3)cc2)CC(O)CNC(=O)C2C(O)C(C)CN2C(=O)C(C(O)CC(N)=O)NC(=O)C(C(O)Cc2ccc(O)c(OSOO[O-])c2)NC(=O)C2CC(O)CN2C1=O.[Na+]. The van der Waals surface area contributed by atoms with Gasteiger partial charge in [0.05, 0.1) is 54.9 Å². The van der Waals surface area contributed by atoms with Gasteiger partial charge >= 0.3 is 29.6 Å². The molecule has 518 valence electrons. The van der Waals surface area contributed by atoms with Crippen molar-refractivity contribution in [3.63, 3.8) is 0 Å². The van der Waals surface area contributed by atoms with Crippen molar-refractivity contribution >= 4 is 81.6 Å². The van der Waals surface area contributed by atoms with Gasteiger partial charge in [-0.05, 0) is 73.9 Å². The number of carbonyl (C=O) groups excluding carboxylic acids is 8.